The highest BCUT2D eigenvalue weighted by Gasteiger charge is 2.28. The molecule has 0 aromatic rings. The molecular formula is C15H27NO6. The average molecular weight is 317 g/mol. The summed E-state index contributed by atoms with van der Waals surface area (Å²) in [7, 11) is 0. The lowest BCUT2D eigenvalue weighted by atomic mass is 10.1. The van der Waals surface area contributed by atoms with E-state index in [1.165, 1.54) is 0 Å². The Bertz CT molecular complexity index is 405. The summed E-state index contributed by atoms with van der Waals surface area (Å²) in [5, 5.41) is 11.1. The number of carbonyl (C=O) groups excluding carboxylic acids is 2. The second-order valence-corrected chi connectivity index (χ2v) is 7.02. The van der Waals surface area contributed by atoms with Crippen LogP contribution in [0.3, 0.4) is 0 Å². The van der Waals surface area contributed by atoms with Crippen molar-refractivity contribution in [1.82, 2.24) is 5.32 Å². The molecule has 0 unspecified atom stereocenters. The number of rotatable bonds is 6. The number of amides is 1. The lowest BCUT2D eigenvalue weighted by Gasteiger charge is -2.26. The molecule has 0 aromatic carbocycles. The van der Waals surface area contributed by atoms with Gasteiger partial charge in [-0.05, 0) is 54.4 Å². The van der Waals surface area contributed by atoms with Crippen LogP contribution in [-0.2, 0) is 19.1 Å². The minimum absolute atomic E-state index is 0.0880. The maximum Gasteiger partial charge on any atom is 0.408 e. The number of alkyl carbamates (subject to hydrolysis) is 1. The molecule has 0 radical (unpaired) electrons. The van der Waals surface area contributed by atoms with Gasteiger partial charge in [-0.25, -0.2) is 9.59 Å². The number of carbonyl (C=O) groups is 3. The van der Waals surface area contributed by atoms with Crippen molar-refractivity contribution in [2.75, 3.05) is 0 Å². The second kappa shape index (κ2) is 8.00. The van der Waals surface area contributed by atoms with E-state index in [1.807, 2.05) is 0 Å². The molecule has 1 atom stereocenters. The van der Waals surface area contributed by atoms with E-state index in [2.05, 4.69) is 5.32 Å². The summed E-state index contributed by atoms with van der Waals surface area (Å²) in [4.78, 5) is 34.4. The fraction of sp³-hybridized carbons (Fsp3) is 0.800. The van der Waals surface area contributed by atoms with E-state index >= 15 is 0 Å². The third kappa shape index (κ3) is 10.9. The summed E-state index contributed by atoms with van der Waals surface area (Å²) in [6.45, 7) is 10.3. The van der Waals surface area contributed by atoms with E-state index in [9.17, 15) is 14.4 Å². The molecular weight excluding hydrogens is 290 g/mol. The smallest absolute Gasteiger partial charge is 0.408 e. The van der Waals surface area contributed by atoms with Gasteiger partial charge in [0, 0.05) is 6.42 Å². The van der Waals surface area contributed by atoms with Gasteiger partial charge in [-0.15, -0.1) is 0 Å². The molecule has 7 heteroatoms. The number of esters is 1. The van der Waals surface area contributed by atoms with Crippen molar-refractivity contribution in [2.24, 2.45) is 0 Å². The molecule has 0 rings (SSSR count). The normalized spacial score (nSPS) is 13.2. The van der Waals surface area contributed by atoms with Crippen molar-refractivity contribution in [1.29, 1.82) is 0 Å². The van der Waals surface area contributed by atoms with Gasteiger partial charge >= 0.3 is 18.0 Å². The average Bonchev–Trinajstić information content (AvgIpc) is 2.21. The molecule has 7 nitrogen and oxygen atoms in total. The summed E-state index contributed by atoms with van der Waals surface area (Å²) in [6.07, 6.45) is -0.413. The Morgan fingerprint density at radius 1 is 1.00 bits per heavy atom. The summed E-state index contributed by atoms with van der Waals surface area (Å²) in [6, 6.07) is -0.937. The minimum Gasteiger partial charge on any atom is -0.481 e. The zero-order valence-electron chi connectivity index (χ0n) is 14.2. The lowest BCUT2D eigenvalue weighted by Crippen LogP contribution is -2.46. The van der Waals surface area contributed by atoms with Crippen LogP contribution in [-0.4, -0.2) is 40.4 Å². The van der Waals surface area contributed by atoms with Crippen LogP contribution >= 0.6 is 0 Å². The van der Waals surface area contributed by atoms with Gasteiger partial charge in [-0.1, -0.05) is 0 Å². The molecule has 2 N–H and O–H groups in total. The molecule has 0 fully saturated rings. The molecule has 22 heavy (non-hydrogen) atoms. The molecule has 0 aliphatic rings. The third-order valence-corrected chi connectivity index (χ3v) is 2.27. The van der Waals surface area contributed by atoms with Crippen molar-refractivity contribution < 1.29 is 29.0 Å². The van der Waals surface area contributed by atoms with E-state index in [0.717, 1.165) is 0 Å². The molecule has 1 amide bonds. The molecule has 0 bridgehead atoms. The molecule has 0 heterocycles. The van der Waals surface area contributed by atoms with Crippen LogP contribution in [0.5, 0.6) is 0 Å². The monoisotopic (exact) mass is 317 g/mol. The Morgan fingerprint density at radius 2 is 1.50 bits per heavy atom. The number of aliphatic carboxylic acids is 1. The largest absolute Gasteiger partial charge is 0.481 e. The number of hydrogen-bond donors (Lipinski definition) is 2. The van der Waals surface area contributed by atoms with E-state index in [-0.39, 0.29) is 19.3 Å². The number of ether oxygens (including phenoxy) is 2. The van der Waals surface area contributed by atoms with Crippen molar-refractivity contribution >= 4 is 18.0 Å². The van der Waals surface area contributed by atoms with Crippen LogP contribution in [0.4, 0.5) is 4.79 Å². The predicted octanol–water partition coefficient (Wildman–Crippen LogP) is 2.48. The fourth-order valence-electron chi connectivity index (χ4n) is 1.53. The molecule has 0 aliphatic carbocycles. The van der Waals surface area contributed by atoms with Gasteiger partial charge in [0.1, 0.15) is 17.2 Å². The fourth-order valence-corrected chi connectivity index (χ4v) is 1.53. The molecule has 0 saturated carbocycles. The first kappa shape index (κ1) is 20.2. The molecule has 0 aliphatic heterocycles. The Balaban J connectivity index is 4.74. The van der Waals surface area contributed by atoms with Crippen LogP contribution < -0.4 is 5.32 Å². The van der Waals surface area contributed by atoms with Gasteiger partial charge in [0.25, 0.3) is 0 Å². The summed E-state index contributed by atoms with van der Waals surface area (Å²) in [5.41, 5.74) is -1.39. The second-order valence-electron chi connectivity index (χ2n) is 7.02. The SMILES string of the molecule is CC(C)(C)OC(=O)N[C@@H](CCCC(=O)O)C(=O)OC(C)(C)C. The molecule has 0 spiro atoms. The van der Waals surface area contributed by atoms with E-state index in [1.54, 1.807) is 41.5 Å². The van der Waals surface area contributed by atoms with Crippen LogP contribution in [0.15, 0.2) is 0 Å². The van der Waals surface area contributed by atoms with Crippen molar-refractivity contribution in [2.45, 2.75) is 78.0 Å². The first-order valence-corrected chi connectivity index (χ1v) is 7.24. The maximum atomic E-state index is 12.1. The Hall–Kier alpha value is -1.79. The maximum absolute atomic E-state index is 12.1. The number of nitrogens with one attached hydrogen (secondary N) is 1. The highest BCUT2D eigenvalue weighted by Crippen LogP contribution is 2.13. The highest BCUT2D eigenvalue weighted by atomic mass is 16.6. The number of hydrogen-bond acceptors (Lipinski definition) is 5. The zero-order valence-corrected chi connectivity index (χ0v) is 14.2. The van der Waals surface area contributed by atoms with Crippen molar-refractivity contribution in [3.05, 3.63) is 0 Å². The van der Waals surface area contributed by atoms with Gasteiger partial charge in [-0.2, -0.15) is 0 Å². The van der Waals surface area contributed by atoms with Gasteiger partial charge < -0.3 is 19.9 Å². The van der Waals surface area contributed by atoms with E-state index in [4.69, 9.17) is 14.6 Å². The third-order valence-electron chi connectivity index (χ3n) is 2.27. The molecule has 0 aromatic heterocycles. The molecule has 128 valence electrons. The minimum atomic E-state index is -0.958. The van der Waals surface area contributed by atoms with Gasteiger partial charge in [0.2, 0.25) is 0 Å². The van der Waals surface area contributed by atoms with Crippen LogP contribution in [0.25, 0.3) is 0 Å². The Kier molecular flexibility index (Phi) is 7.35. The van der Waals surface area contributed by atoms with E-state index < -0.39 is 35.3 Å². The van der Waals surface area contributed by atoms with Crippen LogP contribution in [0.2, 0.25) is 0 Å². The van der Waals surface area contributed by atoms with Gasteiger partial charge in [0.15, 0.2) is 0 Å². The number of carboxylic acids is 1. The van der Waals surface area contributed by atoms with Crippen LogP contribution in [0.1, 0.15) is 60.8 Å². The highest BCUT2D eigenvalue weighted by molar-refractivity contribution is 5.81. The molecule has 0 saturated heterocycles. The zero-order chi connectivity index (χ0) is 17.6. The standard InChI is InChI=1S/C15H27NO6/c1-14(2,3)21-12(19)10(8-7-9-11(17)18)16-13(20)22-15(4,5)6/h10H,7-9H2,1-6H3,(H,16,20)(H,17,18)/t10-/m0/s1. The summed E-state index contributed by atoms with van der Waals surface area (Å²) >= 11 is 0. The lowest BCUT2D eigenvalue weighted by molar-refractivity contribution is -0.158. The van der Waals surface area contributed by atoms with Gasteiger partial charge in [0.05, 0.1) is 0 Å². The Labute approximate surface area is 131 Å². The van der Waals surface area contributed by atoms with Gasteiger partial charge in [-0.3, -0.25) is 4.79 Å². The first-order valence-electron chi connectivity index (χ1n) is 7.24. The quantitative estimate of drug-likeness (QED) is 0.730. The number of carboxylic acid groups (broad SMARTS) is 1. The topological polar surface area (TPSA) is 102 Å². The van der Waals surface area contributed by atoms with Crippen molar-refractivity contribution in [3.8, 4) is 0 Å². The van der Waals surface area contributed by atoms with E-state index in [0.29, 0.717) is 0 Å². The predicted molar refractivity (Wildman–Crippen MR) is 80.5 cm³/mol. The summed E-state index contributed by atoms with van der Waals surface area (Å²) in [5.74, 6) is -1.57. The van der Waals surface area contributed by atoms with Crippen molar-refractivity contribution in [3.63, 3.8) is 0 Å². The summed E-state index contributed by atoms with van der Waals surface area (Å²) < 4.78 is 10.3. The van der Waals surface area contributed by atoms with Crippen LogP contribution in [0, 0.1) is 0 Å². The first-order chi connectivity index (χ1) is 9.80. The Morgan fingerprint density at radius 3 is 1.91 bits per heavy atom.